The molecule has 0 aromatic carbocycles. The Morgan fingerprint density at radius 2 is 2.25 bits per heavy atom. The summed E-state index contributed by atoms with van der Waals surface area (Å²) >= 11 is 1.30. The van der Waals surface area contributed by atoms with Crippen molar-refractivity contribution in [2.24, 2.45) is 5.14 Å². The summed E-state index contributed by atoms with van der Waals surface area (Å²) < 4.78 is 19.0. The van der Waals surface area contributed by atoms with Gasteiger partial charge in [0, 0.05) is 0 Å². The zero-order chi connectivity index (χ0) is 9.35. The zero-order valence-corrected chi connectivity index (χ0v) is 8.67. The van der Waals surface area contributed by atoms with E-state index in [0.717, 1.165) is 5.56 Å². The van der Waals surface area contributed by atoms with E-state index in [4.69, 9.17) is 9.92 Å². The van der Waals surface area contributed by atoms with Gasteiger partial charge in [0.25, 0.3) is 0 Å². The predicted molar refractivity (Wildman–Crippen MR) is 51.7 cm³/mol. The molecule has 3 N–H and O–H groups in total. The first kappa shape index (κ1) is 9.70. The van der Waals surface area contributed by atoms with E-state index in [9.17, 15) is 4.21 Å². The van der Waals surface area contributed by atoms with E-state index in [1.807, 2.05) is 25.3 Å². The molecular formula is C7H12N2OS2. The summed E-state index contributed by atoms with van der Waals surface area (Å²) in [7, 11) is -3.02. The van der Waals surface area contributed by atoms with Crippen molar-refractivity contribution in [2.75, 3.05) is 0 Å². The number of nitrogens with two attached hydrogens (primary N) is 1. The minimum absolute atomic E-state index is 0.279. The smallest absolute Gasteiger partial charge is 0.142 e. The molecule has 0 aliphatic heterocycles. The van der Waals surface area contributed by atoms with Crippen molar-refractivity contribution >= 4 is 21.3 Å². The maximum Gasteiger partial charge on any atom is 0.142 e. The molecule has 1 aromatic rings. The maximum absolute atomic E-state index is 11.2. The van der Waals surface area contributed by atoms with Crippen LogP contribution >= 0.6 is 11.3 Å². The van der Waals surface area contributed by atoms with Gasteiger partial charge in [-0.2, -0.15) is 0 Å². The van der Waals surface area contributed by atoms with Crippen LogP contribution in [0.4, 0.5) is 0 Å². The van der Waals surface area contributed by atoms with Gasteiger partial charge in [0.15, 0.2) is 0 Å². The molecule has 0 aliphatic rings. The fourth-order valence-corrected chi connectivity index (χ4v) is 3.15. The van der Waals surface area contributed by atoms with Gasteiger partial charge in [0.05, 0.1) is 0 Å². The standard InChI is InChI=1S/C7H12N2OS2/c1-5(2)6-3-4-11-7(6)12(8,9)10/h3-5H,1-2H3,(H3,8,9,10). The Hall–Kier alpha value is -0.390. The molecule has 0 saturated heterocycles. The highest BCUT2D eigenvalue weighted by Crippen LogP contribution is 2.27. The lowest BCUT2D eigenvalue weighted by molar-refractivity contribution is 0.675. The predicted octanol–water partition coefficient (Wildman–Crippen LogP) is 2.15. The van der Waals surface area contributed by atoms with Crippen LogP contribution in [0.5, 0.6) is 0 Å². The van der Waals surface area contributed by atoms with Crippen molar-refractivity contribution in [3.05, 3.63) is 17.0 Å². The second-order valence-corrected chi connectivity index (χ2v) is 5.70. The number of nitrogens with one attached hydrogen (secondary N) is 1. The average molecular weight is 204 g/mol. The van der Waals surface area contributed by atoms with Crippen molar-refractivity contribution < 1.29 is 4.21 Å². The first-order chi connectivity index (χ1) is 5.43. The van der Waals surface area contributed by atoms with Crippen molar-refractivity contribution in [2.45, 2.75) is 24.0 Å². The topological polar surface area (TPSA) is 66.9 Å². The van der Waals surface area contributed by atoms with Crippen LogP contribution in [-0.2, 0) is 9.92 Å². The van der Waals surface area contributed by atoms with E-state index in [0.29, 0.717) is 4.21 Å². The molecule has 5 heteroatoms. The van der Waals surface area contributed by atoms with Crippen LogP contribution in [0.2, 0.25) is 0 Å². The first-order valence-corrected chi connectivity index (χ1v) is 6.07. The minimum atomic E-state index is -3.02. The lowest BCUT2D eigenvalue weighted by Crippen LogP contribution is -2.10. The van der Waals surface area contributed by atoms with Crippen LogP contribution < -0.4 is 5.14 Å². The highest BCUT2D eigenvalue weighted by Gasteiger charge is 2.14. The second kappa shape index (κ2) is 3.16. The monoisotopic (exact) mass is 204 g/mol. The molecule has 0 amide bonds. The molecule has 0 bridgehead atoms. The van der Waals surface area contributed by atoms with E-state index in [2.05, 4.69) is 0 Å². The van der Waals surface area contributed by atoms with Gasteiger partial charge in [-0.05, 0) is 22.9 Å². The van der Waals surface area contributed by atoms with Crippen molar-refractivity contribution in [3.63, 3.8) is 0 Å². The summed E-state index contributed by atoms with van der Waals surface area (Å²) in [5, 5.41) is 7.07. The Balaban J connectivity index is 3.26. The van der Waals surface area contributed by atoms with Crippen molar-refractivity contribution in [3.8, 4) is 0 Å². The fraction of sp³-hybridized carbons (Fsp3) is 0.429. The lowest BCUT2D eigenvalue weighted by Gasteiger charge is -2.05. The van der Waals surface area contributed by atoms with E-state index >= 15 is 0 Å². The van der Waals surface area contributed by atoms with Crippen molar-refractivity contribution in [1.82, 2.24) is 0 Å². The van der Waals surface area contributed by atoms with Gasteiger partial charge in [-0.25, -0.2) is 14.1 Å². The third-order valence-corrected chi connectivity index (χ3v) is 4.10. The van der Waals surface area contributed by atoms with E-state index in [1.54, 1.807) is 0 Å². The highest BCUT2D eigenvalue weighted by atomic mass is 32.2. The van der Waals surface area contributed by atoms with Crippen LogP contribution in [0.15, 0.2) is 15.7 Å². The van der Waals surface area contributed by atoms with Crippen molar-refractivity contribution in [1.29, 1.82) is 4.78 Å². The summed E-state index contributed by atoms with van der Waals surface area (Å²) in [5.74, 6) is 0.279. The van der Waals surface area contributed by atoms with Gasteiger partial charge in [-0.15, -0.1) is 11.3 Å². The van der Waals surface area contributed by atoms with Gasteiger partial charge < -0.3 is 0 Å². The summed E-state index contributed by atoms with van der Waals surface area (Å²) in [5.41, 5.74) is 0.933. The van der Waals surface area contributed by atoms with E-state index in [1.165, 1.54) is 11.3 Å². The molecule has 1 atom stereocenters. The maximum atomic E-state index is 11.2. The molecule has 3 nitrogen and oxygen atoms in total. The second-order valence-electron chi connectivity index (χ2n) is 2.92. The van der Waals surface area contributed by atoms with Gasteiger partial charge in [0.2, 0.25) is 0 Å². The van der Waals surface area contributed by atoms with Gasteiger partial charge >= 0.3 is 0 Å². The Labute approximate surface area is 76.7 Å². The summed E-state index contributed by atoms with van der Waals surface area (Å²) in [4.78, 5) is 0. The minimum Gasteiger partial charge on any atom is -0.241 e. The van der Waals surface area contributed by atoms with Gasteiger partial charge in [-0.3, -0.25) is 0 Å². The Morgan fingerprint density at radius 3 is 2.58 bits per heavy atom. The van der Waals surface area contributed by atoms with E-state index in [-0.39, 0.29) is 5.92 Å². The molecular weight excluding hydrogens is 192 g/mol. The number of rotatable bonds is 2. The number of hydrogen-bond donors (Lipinski definition) is 2. The largest absolute Gasteiger partial charge is 0.241 e. The third kappa shape index (κ3) is 1.85. The molecule has 1 unspecified atom stereocenters. The summed E-state index contributed by atoms with van der Waals surface area (Å²) in [6.45, 7) is 3.99. The molecule has 1 aromatic heterocycles. The quantitative estimate of drug-likeness (QED) is 0.761. The molecule has 0 radical (unpaired) electrons. The molecule has 0 aliphatic carbocycles. The van der Waals surface area contributed by atoms with Crippen LogP contribution in [0.25, 0.3) is 0 Å². The number of hydrogen-bond acceptors (Lipinski definition) is 3. The lowest BCUT2D eigenvalue weighted by atomic mass is 10.1. The highest BCUT2D eigenvalue weighted by molar-refractivity contribution is 7.92. The first-order valence-electron chi connectivity index (χ1n) is 3.57. The average Bonchev–Trinajstić information content (AvgIpc) is 2.30. The molecule has 68 valence electrons. The van der Waals surface area contributed by atoms with E-state index < -0.39 is 9.92 Å². The zero-order valence-electron chi connectivity index (χ0n) is 7.03. The Kier molecular flexibility index (Phi) is 2.55. The summed E-state index contributed by atoms with van der Waals surface area (Å²) in [6.07, 6.45) is 0. The fourth-order valence-electron chi connectivity index (χ4n) is 0.980. The van der Waals surface area contributed by atoms with Crippen LogP contribution in [0, 0.1) is 4.78 Å². The van der Waals surface area contributed by atoms with Gasteiger partial charge in [0.1, 0.15) is 14.1 Å². The van der Waals surface area contributed by atoms with Gasteiger partial charge in [-0.1, -0.05) is 13.8 Å². The Morgan fingerprint density at radius 1 is 1.67 bits per heavy atom. The molecule has 1 rings (SSSR count). The normalized spacial score (nSPS) is 16.3. The molecule has 0 saturated carbocycles. The van der Waals surface area contributed by atoms with Crippen LogP contribution in [-0.4, -0.2) is 4.21 Å². The number of thiophene rings is 1. The molecule has 12 heavy (non-hydrogen) atoms. The molecule has 0 fully saturated rings. The molecule has 1 heterocycles. The third-order valence-electron chi connectivity index (χ3n) is 1.56. The molecule has 0 spiro atoms. The Bertz CT molecular complexity index is 365. The SMILES string of the molecule is CC(C)c1ccsc1S(=N)(N)=O. The van der Waals surface area contributed by atoms with Crippen LogP contribution in [0.3, 0.4) is 0 Å². The van der Waals surface area contributed by atoms with Crippen LogP contribution in [0.1, 0.15) is 25.3 Å². The summed E-state index contributed by atoms with van der Waals surface area (Å²) in [6, 6.07) is 1.88.